The molecule has 0 amide bonds. The smallest absolute Gasteiger partial charge is 0.193 e. The van der Waals surface area contributed by atoms with Crippen LogP contribution in [0, 0.1) is 5.92 Å². The molecule has 0 spiro atoms. The van der Waals surface area contributed by atoms with Gasteiger partial charge in [-0.3, -0.25) is 0 Å². The summed E-state index contributed by atoms with van der Waals surface area (Å²) in [6.45, 7) is 7.43. The molecule has 0 radical (unpaired) electrons. The van der Waals surface area contributed by atoms with Crippen molar-refractivity contribution in [2.45, 2.75) is 33.2 Å². The van der Waals surface area contributed by atoms with Crippen LogP contribution in [0.15, 0.2) is 40.8 Å². The highest BCUT2D eigenvalue weighted by Crippen LogP contribution is 2.26. The Hall–Kier alpha value is -1.25. The van der Waals surface area contributed by atoms with Gasteiger partial charge in [-0.05, 0) is 53.7 Å². The van der Waals surface area contributed by atoms with Gasteiger partial charge >= 0.3 is 0 Å². The van der Waals surface area contributed by atoms with Crippen LogP contribution in [0.25, 0.3) is 0 Å². The van der Waals surface area contributed by atoms with Gasteiger partial charge in [0.15, 0.2) is 5.22 Å². The molecule has 2 rings (SSSR count). The van der Waals surface area contributed by atoms with Crippen LogP contribution in [0.3, 0.4) is 0 Å². The predicted octanol–water partition coefficient (Wildman–Crippen LogP) is 4.83. The Morgan fingerprint density at radius 3 is 2.30 bits per heavy atom. The van der Waals surface area contributed by atoms with E-state index in [1.807, 2.05) is 6.07 Å². The monoisotopic (exact) mass is 291 g/mol. The number of benzene rings is 1. The van der Waals surface area contributed by atoms with Gasteiger partial charge in [0.2, 0.25) is 0 Å². The zero-order valence-electron chi connectivity index (χ0n) is 12.3. The van der Waals surface area contributed by atoms with Crippen molar-refractivity contribution in [2.24, 2.45) is 5.92 Å². The highest BCUT2D eigenvalue weighted by molar-refractivity contribution is 6.28. The molecule has 3 heteroatoms. The molecule has 20 heavy (non-hydrogen) atoms. The van der Waals surface area contributed by atoms with Gasteiger partial charge < -0.3 is 9.73 Å². The molecule has 2 nitrogen and oxygen atoms in total. The molecule has 0 aliphatic carbocycles. The van der Waals surface area contributed by atoms with Crippen LogP contribution >= 0.6 is 11.6 Å². The van der Waals surface area contributed by atoms with Gasteiger partial charge in [0, 0.05) is 0 Å². The Kier molecular flexibility index (Phi) is 5.27. The molecule has 0 bridgehead atoms. The maximum Gasteiger partial charge on any atom is 0.193 e. The molecule has 1 unspecified atom stereocenters. The third-order valence-corrected chi connectivity index (χ3v) is 3.45. The molecule has 1 atom stereocenters. The fraction of sp³-hybridized carbons (Fsp3) is 0.412. The van der Waals surface area contributed by atoms with Crippen molar-refractivity contribution < 1.29 is 4.42 Å². The summed E-state index contributed by atoms with van der Waals surface area (Å²) < 4.78 is 5.55. The lowest BCUT2D eigenvalue weighted by Crippen LogP contribution is -2.21. The maximum atomic E-state index is 5.88. The molecule has 1 N–H and O–H groups in total. The van der Waals surface area contributed by atoms with Crippen molar-refractivity contribution in [1.29, 1.82) is 0 Å². The fourth-order valence-electron chi connectivity index (χ4n) is 2.39. The van der Waals surface area contributed by atoms with Crippen LogP contribution in [0.1, 0.15) is 43.7 Å². The number of nitrogens with one attached hydrogen (secondary N) is 1. The third kappa shape index (κ3) is 3.87. The van der Waals surface area contributed by atoms with Crippen molar-refractivity contribution in [3.8, 4) is 0 Å². The summed E-state index contributed by atoms with van der Waals surface area (Å²) in [5.74, 6) is 1.53. The second kappa shape index (κ2) is 6.96. The van der Waals surface area contributed by atoms with Crippen molar-refractivity contribution in [3.05, 3.63) is 58.5 Å². The second-order valence-electron chi connectivity index (χ2n) is 5.47. The summed E-state index contributed by atoms with van der Waals surface area (Å²) in [4.78, 5) is 0. The minimum atomic E-state index is 0.0561. The predicted molar refractivity (Wildman–Crippen MR) is 84.2 cm³/mol. The summed E-state index contributed by atoms with van der Waals surface area (Å²) in [6, 6.07) is 12.5. The van der Waals surface area contributed by atoms with E-state index in [-0.39, 0.29) is 6.04 Å². The first-order valence-electron chi connectivity index (χ1n) is 7.17. The van der Waals surface area contributed by atoms with Gasteiger partial charge in [-0.1, -0.05) is 45.0 Å². The lowest BCUT2D eigenvalue weighted by Gasteiger charge is -2.16. The van der Waals surface area contributed by atoms with Crippen molar-refractivity contribution >= 4 is 11.6 Å². The molecular weight excluding hydrogens is 270 g/mol. The van der Waals surface area contributed by atoms with Crippen LogP contribution in [-0.4, -0.2) is 6.54 Å². The minimum absolute atomic E-state index is 0.0561. The van der Waals surface area contributed by atoms with E-state index in [1.165, 1.54) is 11.1 Å². The van der Waals surface area contributed by atoms with Crippen molar-refractivity contribution in [2.75, 3.05) is 6.54 Å². The summed E-state index contributed by atoms with van der Waals surface area (Å²) in [5.41, 5.74) is 2.57. The quantitative estimate of drug-likeness (QED) is 0.824. The lowest BCUT2D eigenvalue weighted by atomic mass is 9.98. The fourth-order valence-corrected chi connectivity index (χ4v) is 2.54. The zero-order valence-corrected chi connectivity index (χ0v) is 13.1. The van der Waals surface area contributed by atoms with Crippen molar-refractivity contribution in [3.63, 3.8) is 0 Å². The number of hydrogen-bond acceptors (Lipinski definition) is 2. The SMILES string of the molecule is CCNC(c1ccc(CC(C)C)cc1)c1ccc(Cl)o1. The minimum Gasteiger partial charge on any atom is -0.448 e. The van der Waals surface area contributed by atoms with E-state index in [9.17, 15) is 0 Å². The Balaban J connectivity index is 2.21. The summed E-state index contributed by atoms with van der Waals surface area (Å²) in [5, 5.41) is 3.87. The molecule has 1 heterocycles. The van der Waals surface area contributed by atoms with E-state index >= 15 is 0 Å². The largest absolute Gasteiger partial charge is 0.448 e. The molecule has 0 saturated carbocycles. The second-order valence-corrected chi connectivity index (χ2v) is 5.84. The zero-order chi connectivity index (χ0) is 14.5. The van der Waals surface area contributed by atoms with E-state index < -0.39 is 0 Å². The summed E-state index contributed by atoms with van der Waals surface area (Å²) in [6.07, 6.45) is 1.11. The number of rotatable bonds is 6. The van der Waals surface area contributed by atoms with Crippen LogP contribution in [0.5, 0.6) is 0 Å². The molecule has 0 fully saturated rings. The third-order valence-electron chi connectivity index (χ3n) is 3.24. The van der Waals surface area contributed by atoms with E-state index in [1.54, 1.807) is 6.07 Å². The van der Waals surface area contributed by atoms with Gasteiger partial charge in [-0.2, -0.15) is 0 Å². The average Bonchev–Trinajstić information content (AvgIpc) is 2.83. The number of hydrogen-bond donors (Lipinski definition) is 1. The van der Waals surface area contributed by atoms with E-state index in [0.29, 0.717) is 11.1 Å². The van der Waals surface area contributed by atoms with Gasteiger partial charge in [0.1, 0.15) is 5.76 Å². The van der Waals surface area contributed by atoms with Crippen LogP contribution in [0.4, 0.5) is 0 Å². The molecular formula is C17H22ClNO. The van der Waals surface area contributed by atoms with Gasteiger partial charge in [0.25, 0.3) is 0 Å². The van der Waals surface area contributed by atoms with Gasteiger partial charge in [0.05, 0.1) is 6.04 Å². The highest BCUT2D eigenvalue weighted by atomic mass is 35.5. The Morgan fingerprint density at radius 2 is 1.80 bits per heavy atom. The Bertz CT molecular complexity index is 530. The van der Waals surface area contributed by atoms with E-state index in [4.69, 9.17) is 16.0 Å². The normalized spacial score (nSPS) is 12.8. The van der Waals surface area contributed by atoms with Crippen molar-refractivity contribution in [1.82, 2.24) is 5.32 Å². The topological polar surface area (TPSA) is 25.2 Å². The first kappa shape index (κ1) is 15.1. The Labute approximate surface area is 126 Å². The summed E-state index contributed by atoms with van der Waals surface area (Å²) in [7, 11) is 0. The summed E-state index contributed by atoms with van der Waals surface area (Å²) >= 11 is 5.88. The van der Waals surface area contributed by atoms with Gasteiger partial charge in [-0.15, -0.1) is 0 Å². The average molecular weight is 292 g/mol. The number of furan rings is 1. The molecule has 1 aromatic carbocycles. The molecule has 1 aromatic heterocycles. The number of halogens is 1. The molecule has 108 valence electrons. The first-order chi connectivity index (χ1) is 9.60. The molecule has 0 aliphatic heterocycles. The Morgan fingerprint density at radius 1 is 1.10 bits per heavy atom. The molecule has 2 aromatic rings. The van der Waals surface area contributed by atoms with E-state index in [0.717, 1.165) is 18.7 Å². The first-order valence-corrected chi connectivity index (χ1v) is 7.55. The van der Waals surface area contributed by atoms with Gasteiger partial charge in [-0.25, -0.2) is 0 Å². The lowest BCUT2D eigenvalue weighted by molar-refractivity contribution is 0.453. The highest BCUT2D eigenvalue weighted by Gasteiger charge is 2.16. The van der Waals surface area contributed by atoms with Crippen LogP contribution < -0.4 is 5.32 Å². The van der Waals surface area contributed by atoms with Crippen LogP contribution in [0.2, 0.25) is 5.22 Å². The standard InChI is InChI=1S/C17H22ClNO/c1-4-19-17(15-9-10-16(18)20-15)14-7-5-13(6-8-14)11-12(2)3/h5-10,12,17,19H,4,11H2,1-3H3. The molecule has 0 aliphatic rings. The van der Waals surface area contributed by atoms with Crippen LogP contribution in [-0.2, 0) is 6.42 Å². The van der Waals surface area contributed by atoms with E-state index in [2.05, 4.69) is 50.4 Å². The maximum absolute atomic E-state index is 5.88. The molecule has 0 saturated heterocycles.